The number of fused-ring (bicyclic) bond motifs is 1. The third-order valence-electron chi connectivity index (χ3n) is 4.58. The Hall–Kier alpha value is -2.82. The number of hydrogen-bond donors (Lipinski definition) is 1. The SMILES string of the molecule is COc1ccc(C(=O)NCCC2CN(C(C)=O)c3ccccc32)cc1. The second kappa shape index (κ2) is 7.38. The van der Waals surface area contributed by atoms with Crippen molar-refractivity contribution in [2.24, 2.45) is 0 Å². The normalized spacial score (nSPS) is 15.6. The van der Waals surface area contributed by atoms with Gasteiger partial charge in [-0.25, -0.2) is 0 Å². The van der Waals surface area contributed by atoms with Crippen LogP contribution in [0.5, 0.6) is 5.75 Å². The molecule has 2 aromatic carbocycles. The predicted octanol–water partition coefficient (Wildman–Crippen LogP) is 2.97. The Bertz CT molecular complexity index is 771. The van der Waals surface area contributed by atoms with E-state index in [0.29, 0.717) is 18.7 Å². The van der Waals surface area contributed by atoms with Crippen LogP contribution in [-0.4, -0.2) is 32.0 Å². The first-order chi connectivity index (χ1) is 12.1. The highest BCUT2D eigenvalue weighted by Gasteiger charge is 2.30. The standard InChI is InChI=1S/C20H22N2O3/c1-14(23)22-13-16(18-5-3-4-6-19(18)22)11-12-21-20(24)15-7-9-17(25-2)10-8-15/h3-10,16H,11-13H2,1-2H3,(H,21,24). The van der Waals surface area contributed by atoms with E-state index in [1.54, 1.807) is 38.3 Å². The molecule has 0 radical (unpaired) electrons. The van der Waals surface area contributed by atoms with Gasteiger partial charge < -0.3 is 15.0 Å². The van der Waals surface area contributed by atoms with Crippen LogP contribution in [-0.2, 0) is 4.79 Å². The molecule has 1 heterocycles. The number of carbonyl (C=O) groups excluding carboxylic acids is 2. The Morgan fingerprint density at radius 3 is 2.56 bits per heavy atom. The van der Waals surface area contributed by atoms with Crippen LogP contribution in [0.4, 0.5) is 5.69 Å². The number of methoxy groups -OCH3 is 1. The summed E-state index contributed by atoms with van der Waals surface area (Å²) >= 11 is 0. The fraction of sp³-hybridized carbons (Fsp3) is 0.300. The lowest BCUT2D eigenvalue weighted by molar-refractivity contribution is -0.116. The highest BCUT2D eigenvalue weighted by atomic mass is 16.5. The summed E-state index contributed by atoms with van der Waals surface area (Å²) in [7, 11) is 1.60. The number of hydrogen-bond acceptors (Lipinski definition) is 3. The maximum Gasteiger partial charge on any atom is 0.251 e. The third-order valence-corrected chi connectivity index (χ3v) is 4.58. The van der Waals surface area contributed by atoms with Gasteiger partial charge in [0.2, 0.25) is 5.91 Å². The second-order valence-electron chi connectivity index (χ2n) is 6.16. The third kappa shape index (κ3) is 3.65. The van der Waals surface area contributed by atoms with Crippen molar-refractivity contribution in [3.05, 3.63) is 59.7 Å². The van der Waals surface area contributed by atoms with Crippen LogP contribution in [0.2, 0.25) is 0 Å². The van der Waals surface area contributed by atoms with Gasteiger partial charge in [0, 0.05) is 37.2 Å². The summed E-state index contributed by atoms with van der Waals surface area (Å²) in [6, 6.07) is 15.0. The summed E-state index contributed by atoms with van der Waals surface area (Å²) in [5.74, 6) is 0.925. The molecule has 1 N–H and O–H groups in total. The van der Waals surface area contributed by atoms with Crippen LogP contribution in [0.25, 0.3) is 0 Å². The van der Waals surface area contributed by atoms with Gasteiger partial charge in [0.15, 0.2) is 0 Å². The molecule has 130 valence electrons. The first-order valence-corrected chi connectivity index (χ1v) is 8.39. The van der Waals surface area contributed by atoms with Crippen molar-refractivity contribution in [3.8, 4) is 5.75 Å². The first-order valence-electron chi connectivity index (χ1n) is 8.39. The van der Waals surface area contributed by atoms with Crippen LogP contribution in [0.15, 0.2) is 48.5 Å². The quantitative estimate of drug-likeness (QED) is 0.912. The molecule has 0 bridgehead atoms. The molecule has 0 aromatic heterocycles. The first kappa shape index (κ1) is 17.0. The molecule has 0 aliphatic carbocycles. The number of ether oxygens (including phenoxy) is 1. The number of rotatable bonds is 5. The van der Waals surface area contributed by atoms with Gasteiger partial charge in [-0.1, -0.05) is 18.2 Å². The van der Waals surface area contributed by atoms with E-state index in [1.807, 2.05) is 23.1 Å². The molecule has 0 fully saturated rings. The molecule has 0 spiro atoms. The second-order valence-corrected chi connectivity index (χ2v) is 6.16. The van der Waals surface area contributed by atoms with E-state index < -0.39 is 0 Å². The molecule has 1 aliphatic heterocycles. The number of nitrogens with one attached hydrogen (secondary N) is 1. The van der Waals surface area contributed by atoms with Gasteiger partial charge in [-0.05, 0) is 42.3 Å². The predicted molar refractivity (Wildman–Crippen MR) is 97.2 cm³/mol. The average Bonchev–Trinajstić information content (AvgIpc) is 3.01. The molecule has 1 unspecified atom stereocenters. The topological polar surface area (TPSA) is 58.6 Å². The van der Waals surface area contributed by atoms with Crippen molar-refractivity contribution in [1.82, 2.24) is 5.32 Å². The van der Waals surface area contributed by atoms with Crippen molar-refractivity contribution in [2.75, 3.05) is 25.1 Å². The zero-order valence-electron chi connectivity index (χ0n) is 14.5. The van der Waals surface area contributed by atoms with Gasteiger partial charge in [-0.15, -0.1) is 0 Å². The summed E-state index contributed by atoms with van der Waals surface area (Å²) in [5, 5.41) is 2.95. The Morgan fingerprint density at radius 2 is 1.88 bits per heavy atom. The molecule has 0 saturated heterocycles. The van der Waals surface area contributed by atoms with Crippen molar-refractivity contribution in [1.29, 1.82) is 0 Å². The van der Waals surface area contributed by atoms with Crippen LogP contribution in [0.3, 0.4) is 0 Å². The van der Waals surface area contributed by atoms with E-state index in [-0.39, 0.29) is 17.7 Å². The molecule has 1 aliphatic rings. The number of carbonyl (C=O) groups is 2. The van der Waals surface area contributed by atoms with Crippen LogP contribution < -0.4 is 15.0 Å². The summed E-state index contributed by atoms with van der Waals surface area (Å²) in [4.78, 5) is 25.9. The number of nitrogens with zero attached hydrogens (tertiary/aromatic N) is 1. The van der Waals surface area contributed by atoms with Crippen molar-refractivity contribution in [2.45, 2.75) is 19.3 Å². The Labute approximate surface area is 147 Å². The molecular weight excluding hydrogens is 316 g/mol. The van der Waals surface area contributed by atoms with E-state index in [4.69, 9.17) is 4.74 Å². The minimum Gasteiger partial charge on any atom is -0.497 e. The molecule has 2 aromatic rings. The highest BCUT2D eigenvalue weighted by molar-refractivity contribution is 5.95. The number of benzene rings is 2. The van der Waals surface area contributed by atoms with Gasteiger partial charge >= 0.3 is 0 Å². The van der Waals surface area contributed by atoms with Crippen LogP contribution in [0.1, 0.15) is 35.2 Å². The van der Waals surface area contributed by atoms with Crippen molar-refractivity contribution < 1.29 is 14.3 Å². The number of anilines is 1. The van der Waals surface area contributed by atoms with Gasteiger partial charge in [0.05, 0.1) is 7.11 Å². The average molecular weight is 338 g/mol. The minimum atomic E-state index is -0.0997. The highest BCUT2D eigenvalue weighted by Crippen LogP contribution is 2.37. The Balaban J connectivity index is 1.59. The molecule has 25 heavy (non-hydrogen) atoms. The molecular formula is C20H22N2O3. The van der Waals surface area contributed by atoms with E-state index in [9.17, 15) is 9.59 Å². The minimum absolute atomic E-state index is 0.0530. The monoisotopic (exact) mass is 338 g/mol. The Kier molecular flexibility index (Phi) is 5.03. The van der Waals surface area contributed by atoms with Gasteiger partial charge in [-0.3, -0.25) is 9.59 Å². The van der Waals surface area contributed by atoms with Gasteiger partial charge in [-0.2, -0.15) is 0 Å². The van der Waals surface area contributed by atoms with Crippen molar-refractivity contribution >= 4 is 17.5 Å². The lowest BCUT2D eigenvalue weighted by Gasteiger charge is -2.15. The van der Waals surface area contributed by atoms with Crippen LogP contribution >= 0.6 is 0 Å². The largest absolute Gasteiger partial charge is 0.497 e. The lowest BCUT2D eigenvalue weighted by Crippen LogP contribution is -2.29. The lowest BCUT2D eigenvalue weighted by atomic mass is 9.98. The molecule has 5 nitrogen and oxygen atoms in total. The Morgan fingerprint density at radius 1 is 1.16 bits per heavy atom. The summed E-state index contributed by atoms with van der Waals surface area (Å²) < 4.78 is 5.10. The maximum atomic E-state index is 12.2. The molecule has 1 atom stereocenters. The van der Waals surface area contributed by atoms with Gasteiger partial charge in [0.25, 0.3) is 5.91 Å². The summed E-state index contributed by atoms with van der Waals surface area (Å²) in [5.41, 5.74) is 2.77. The number of para-hydroxylation sites is 1. The van der Waals surface area contributed by atoms with E-state index in [0.717, 1.165) is 17.9 Å². The molecule has 0 saturated carbocycles. The molecule has 2 amide bonds. The van der Waals surface area contributed by atoms with E-state index >= 15 is 0 Å². The van der Waals surface area contributed by atoms with Gasteiger partial charge in [0.1, 0.15) is 5.75 Å². The zero-order chi connectivity index (χ0) is 17.8. The molecule has 5 heteroatoms. The summed E-state index contributed by atoms with van der Waals surface area (Å²) in [6.45, 7) is 2.83. The fourth-order valence-corrected chi connectivity index (χ4v) is 3.24. The maximum absolute atomic E-state index is 12.2. The van der Waals surface area contributed by atoms with E-state index in [1.165, 1.54) is 5.56 Å². The van der Waals surface area contributed by atoms with Crippen molar-refractivity contribution in [3.63, 3.8) is 0 Å². The zero-order valence-corrected chi connectivity index (χ0v) is 14.5. The van der Waals surface area contributed by atoms with E-state index in [2.05, 4.69) is 11.4 Å². The molecule has 3 rings (SSSR count). The number of amides is 2. The fourth-order valence-electron chi connectivity index (χ4n) is 3.24. The smallest absolute Gasteiger partial charge is 0.251 e. The summed E-state index contributed by atoms with van der Waals surface area (Å²) in [6.07, 6.45) is 0.794. The van der Waals surface area contributed by atoms with Crippen LogP contribution in [0, 0.1) is 0 Å².